The van der Waals surface area contributed by atoms with Crippen molar-refractivity contribution in [3.63, 3.8) is 0 Å². The second-order valence-electron chi connectivity index (χ2n) is 6.12. The lowest BCUT2D eigenvalue weighted by atomic mass is 10.2. The highest BCUT2D eigenvalue weighted by Gasteiger charge is 2.34. The summed E-state index contributed by atoms with van der Waals surface area (Å²) in [5.74, 6) is -0.394. The molecule has 2 aromatic carbocycles. The molecule has 0 saturated carbocycles. The molecule has 27 heavy (non-hydrogen) atoms. The van der Waals surface area contributed by atoms with Gasteiger partial charge in [-0.25, -0.2) is 8.42 Å². The van der Waals surface area contributed by atoms with E-state index in [1.807, 2.05) is 0 Å². The predicted molar refractivity (Wildman–Crippen MR) is 102 cm³/mol. The molecule has 0 spiro atoms. The molecule has 0 aromatic heterocycles. The molecule has 9 heteroatoms. The molecular weight excluding hydrogens is 370 g/mol. The van der Waals surface area contributed by atoms with Crippen LogP contribution in [-0.2, 0) is 19.6 Å². The van der Waals surface area contributed by atoms with Gasteiger partial charge < -0.3 is 15.4 Å². The number of hydrogen-bond donors (Lipinski definition) is 2. The van der Waals surface area contributed by atoms with Gasteiger partial charge in [-0.15, -0.1) is 0 Å². The molecule has 3 rings (SSSR count). The third-order valence-corrected chi connectivity index (χ3v) is 5.02. The molecule has 1 aliphatic heterocycles. The minimum atomic E-state index is -3.57. The molecule has 2 aromatic rings. The maximum absolute atomic E-state index is 12.6. The number of carbonyl (C=O) groups excluding carboxylic acids is 2. The van der Waals surface area contributed by atoms with Crippen molar-refractivity contribution in [2.24, 2.45) is 0 Å². The Kier molecular flexibility index (Phi) is 5.04. The minimum Gasteiger partial charge on any atom is -0.476 e. The third-order valence-electron chi connectivity index (χ3n) is 3.88. The number of amides is 2. The lowest BCUT2D eigenvalue weighted by Gasteiger charge is -2.33. The van der Waals surface area contributed by atoms with Gasteiger partial charge in [0.2, 0.25) is 15.9 Å². The first-order chi connectivity index (χ1) is 12.7. The number of para-hydroxylation sites is 2. The zero-order valence-electron chi connectivity index (χ0n) is 14.8. The molecule has 1 aliphatic rings. The summed E-state index contributed by atoms with van der Waals surface area (Å²) in [6.45, 7) is 1.26. The van der Waals surface area contributed by atoms with Crippen molar-refractivity contribution in [2.45, 2.75) is 13.0 Å². The molecule has 0 aliphatic carbocycles. The SMILES string of the molecule is CC(=O)Nc1cccc(NC(=O)C2CN(S(C)(=O)=O)c3ccccc3O2)c1. The molecule has 1 atom stereocenters. The number of anilines is 3. The fourth-order valence-corrected chi connectivity index (χ4v) is 3.67. The minimum absolute atomic E-state index is 0.132. The standard InChI is InChI=1S/C18H19N3O5S/c1-12(22)19-13-6-5-7-14(10-13)20-18(23)17-11-21(27(2,24)25)15-8-3-4-9-16(15)26-17/h3-10,17H,11H2,1-2H3,(H,19,22)(H,20,23). The van der Waals surface area contributed by atoms with Gasteiger partial charge >= 0.3 is 0 Å². The van der Waals surface area contributed by atoms with E-state index in [-0.39, 0.29) is 12.5 Å². The van der Waals surface area contributed by atoms with Gasteiger partial charge in [0, 0.05) is 18.3 Å². The first kappa shape index (κ1) is 18.7. The van der Waals surface area contributed by atoms with E-state index in [0.717, 1.165) is 10.6 Å². The number of fused-ring (bicyclic) bond motifs is 1. The van der Waals surface area contributed by atoms with Gasteiger partial charge in [-0.05, 0) is 30.3 Å². The average molecular weight is 389 g/mol. The normalized spacial score (nSPS) is 16.1. The summed E-state index contributed by atoms with van der Waals surface area (Å²) in [5.41, 5.74) is 1.39. The number of benzene rings is 2. The summed E-state index contributed by atoms with van der Waals surface area (Å²) in [5, 5.41) is 5.32. The van der Waals surface area contributed by atoms with E-state index in [1.165, 1.54) is 6.92 Å². The van der Waals surface area contributed by atoms with Crippen molar-refractivity contribution in [2.75, 3.05) is 27.7 Å². The Morgan fingerprint density at radius 2 is 1.74 bits per heavy atom. The summed E-state index contributed by atoms with van der Waals surface area (Å²) in [7, 11) is -3.57. The van der Waals surface area contributed by atoms with Crippen LogP contribution in [0.15, 0.2) is 48.5 Å². The quantitative estimate of drug-likeness (QED) is 0.830. The van der Waals surface area contributed by atoms with Gasteiger partial charge in [0.05, 0.1) is 18.5 Å². The van der Waals surface area contributed by atoms with Crippen LogP contribution in [0.2, 0.25) is 0 Å². The smallest absolute Gasteiger partial charge is 0.267 e. The molecule has 1 heterocycles. The molecule has 0 radical (unpaired) electrons. The van der Waals surface area contributed by atoms with Crippen LogP contribution >= 0.6 is 0 Å². The van der Waals surface area contributed by atoms with Gasteiger partial charge in [0.25, 0.3) is 5.91 Å². The van der Waals surface area contributed by atoms with Crippen LogP contribution in [0.3, 0.4) is 0 Å². The molecular formula is C18H19N3O5S. The monoisotopic (exact) mass is 389 g/mol. The van der Waals surface area contributed by atoms with E-state index < -0.39 is 22.0 Å². The van der Waals surface area contributed by atoms with Crippen LogP contribution in [0.25, 0.3) is 0 Å². The zero-order chi connectivity index (χ0) is 19.6. The van der Waals surface area contributed by atoms with Crippen molar-refractivity contribution >= 4 is 38.9 Å². The first-order valence-electron chi connectivity index (χ1n) is 8.16. The molecule has 142 valence electrons. The zero-order valence-corrected chi connectivity index (χ0v) is 15.6. The highest BCUT2D eigenvalue weighted by atomic mass is 32.2. The summed E-state index contributed by atoms with van der Waals surface area (Å²) < 4.78 is 31.1. The molecule has 0 bridgehead atoms. The van der Waals surface area contributed by atoms with Crippen molar-refractivity contribution < 1.29 is 22.7 Å². The number of nitrogens with one attached hydrogen (secondary N) is 2. The Hall–Kier alpha value is -3.07. The van der Waals surface area contributed by atoms with E-state index in [2.05, 4.69) is 10.6 Å². The summed E-state index contributed by atoms with van der Waals surface area (Å²) in [4.78, 5) is 23.8. The number of nitrogens with zero attached hydrogens (tertiary/aromatic N) is 1. The van der Waals surface area contributed by atoms with Crippen molar-refractivity contribution in [1.82, 2.24) is 0 Å². The van der Waals surface area contributed by atoms with Crippen molar-refractivity contribution in [1.29, 1.82) is 0 Å². The fraction of sp³-hybridized carbons (Fsp3) is 0.222. The van der Waals surface area contributed by atoms with Gasteiger partial charge in [0.1, 0.15) is 5.75 Å². The van der Waals surface area contributed by atoms with E-state index in [1.54, 1.807) is 48.5 Å². The van der Waals surface area contributed by atoms with Crippen LogP contribution in [0.4, 0.5) is 17.1 Å². The van der Waals surface area contributed by atoms with Crippen LogP contribution in [0.1, 0.15) is 6.92 Å². The van der Waals surface area contributed by atoms with E-state index in [9.17, 15) is 18.0 Å². The van der Waals surface area contributed by atoms with Crippen LogP contribution in [0.5, 0.6) is 5.75 Å². The summed E-state index contributed by atoms with van der Waals surface area (Å²) in [6.07, 6.45) is 0.0695. The number of ether oxygens (including phenoxy) is 1. The maximum Gasteiger partial charge on any atom is 0.267 e. The Balaban J connectivity index is 1.81. The Morgan fingerprint density at radius 3 is 2.41 bits per heavy atom. The van der Waals surface area contributed by atoms with Gasteiger partial charge in [-0.1, -0.05) is 18.2 Å². The van der Waals surface area contributed by atoms with Gasteiger partial charge in [-0.2, -0.15) is 0 Å². The Bertz CT molecular complexity index is 990. The number of carbonyl (C=O) groups is 2. The van der Waals surface area contributed by atoms with Crippen molar-refractivity contribution in [3.8, 4) is 5.75 Å². The molecule has 2 N–H and O–H groups in total. The number of sulfonamides is 1. The predicted octanol–water partition coefficient (Wildman–Crippen LogP) is 1.81. The van der Waals surface area contributed by atoms with Crippen LogP contribution in [-0.4, -0.2) is 39.1 Å². The number of hydrogen-bond acceptors (Lipinski definition) is 5. The summed E-state index contributed by atoms with van der Waals surface area (Å²) >= 11 is 0. The third kappa shape index (κ3) is 4.37. The lowest BCUT2D eigenvalue weighted by molar-refractivity contribution is -0.122. The molecule has 2 amide bonds. The fourth-order valence-electron chi connectivity index (χ4n) is 2.75. The topological polar surface area (TPSA) is 105 Å². The lowest BCUT2D eigenvalue weighted by Crippen LogP contribution is -2.48. The molecule has 0 fully saturated rings. The van der Waals surface area contributed by atoms with E-state index in [4.69, 9.17) is 4.74 Å². The first-order valence-corrected chi connectivity index (χ1v) is 10.0. The van der Waals surface area contributed by atoms with Gasteiger partial charge in [0.15, 0.2) is 6.10 Å². The average Bonchev–Trinajstić information content (AvgIpc) is 2.59. The largest absolute Gasteiger partial charge is 0.476 e. The van der Waals surface area contributed by atoms with Crippen LogP contribution in [0, 0.1) is 0 Å². The Morgan fingerprint density at radius 1 is 1.07 bits per heavy atom. The Labute approximate surface area is 157 Å². The van der Waals surface area contributed by atoms with Crippen LogP contribution < -0.4 is 19.7 Å². The second-order valence-corrected chi connectivity index (χ2v) is 8.03. The highest BCUT2D eigenvalue weighted by Crippen LogP contribution is 2.34. The van der Waals surface area contributed by atoms with Crippen molar-refractivity contribution in [3.05, 3.63) is 48.5 Å². The highest BCUT2D eigenvalue weighted by molar-refractivity contribution is 7.92. The molecule has 8 nitrogen and oxygen atoms in total. The maximum atomic E-state index is 12.6. The van der Waals surface area contributed by atoms with E-state index in [0.29, 0.717) is 22.8 Å². The second kappa shape index (κ2) is 7.28. The summed E-state index contributed by atoms with van der Waals surface area (Å²) in [6, 6.07) is 13.3. The van der Waals surface area contributed by atoms with E-state index >= 15 is 0 Å². The molecule has 1 unspecified atom stereocenters. The number of rotatable bonds is 4. The van der Waals surface area contributed by atoms with Gasteiger partial charge in [-0.3, -0.25) is 13.9 Å². The molecule has 0 saturated heterocycles.